The quantitative estimate of drug-likeness (QED) is 0.768. The second-order valence-electron chi connectivity index (χ2n) is 5.34. The fourth-order valence-corrected chi connectivity index (χ4v) is 3.34. The van der Waals surface area contributed by atoms with Gasteiger partial charge in [0.25, 0.3) is 0 Å². The Labute approximate surface area is 139 Å². The number of carbonyl (C=O) groups excluding carboxylic acids is 1. The lowest BCUT2D eigenvalue weighted by molar-refractivity contribution is 0.188. The molecule has 3 rings (SSSR count). The third kappa shape index (κ3) is 2.79. The van der Waals surface area contributed by atoms with Crippen molar-refractivity contribution in [3.63, 3.8) is 0 Å². The first kappa shape index (κ1) is 15.2. The second-order valence-corrected chi connectivity index (χ2v) is 6.16. The van der Waals surface area contributed by atoms with Crippen LogP contribution in [-0.4, -0.2) is 17.5 Å². The highest BCUT2D eigenvalue weighted by atomic mass is 35.5. The van der Waals surface area contributed by atoms with Crippen molar-refractivity contribution < 1.29 is 4.79 Å². The lowest BCUT2D eigenvalue weighted by Crippen LogP contribution is -2.41. The molecule has 5 heteroatoms. The van der Waals surface area contributed by atoms with Crippen LogP contribution in [0, 0.1) is 0 Å². The number of anilines is 1. The molecule has 2 aromatic rings. The molecule has 0 aliphatic carbocycles. The van der Waals surface area contributed by atoms with E-state index in [-0.39, 0.29) is 12.1 Å². The SMILES string of the molecule is C[C@@H]1c2ccccc2CCN1C(=O)Nc1c(Cl)cccc1Cl. The van der Waals surface area contributed by atoms with Crippen LogP contribution < -0.4 is 5.32 Å². The van der Waals surface area contributed by atoms with E-state index in [1.807, 2.05) is 24.0 Å². The zero-order valence-electron chi connectivity index (χ0n) is 12.1. The Balaban J connectivity index is 1.82. The third-order valence-corrected chi connectivity index (χ3v) is 4.68. The van der Waals surface area contributed by atoms with Gasteiger partial charge in [0.15, 0.2) is 0 Å². The van der Waals surface area contributed by atoms with Crippen molar-refractivity contribution in [3.05, 3.63) is 63.6 Å². The summed E-state index contributed by atoms with van der Waals surface area (Å²) in [5.74, 6) is 0. The predicted molar refractivity (Wildman–Crippen MR) is 90.7 cm³/mol. The maximum Gasteiger partial charge on any atom is 0.322 e. The van der Waals surface area contributed by atoms with Crippen LogP contribution in [0.1, 0.15) is 24.1 Å². The van der Waals surface area contributed by atoms with Gasteiger partial charge in [0, 0.05) is 6.54 Å². The van der Waals surface area contributed by atoms with E-state index in [0.29, 0.717) is 22.3 Å². The van der Waals surface area contributed by atoms with Gasteiger partial charge in [-0.2, -0.15) is 0 Å². The summed E-state index contributed by atoms with van der Waals surface area (Å²) in [4.78, 5) is 14.4. The van der Waals surface area contributed by atoms with Crippen LogP contribution in [0.3, 0.4) is 0 Å². The van der Waals surface area contributed by atoms with Crippen molar-refractivity contribution in [2.24, 2.45) is 0 Å². The summed E-state index contributed by atoms with van der Waals surface area (Å²) in [6.07, 6.45) is 0.851. The number of benzene rings is 2. The van der Waals surface area contributed by atoms with E-state index in [1.165, 1.54) is 11.1 Å². The highest BCUT2D eigenvalue weighted by Gasteiger charge is 2.27. The topological polar surface area (TPSA) is 32.3 Å². The van der Waals surface area contributed by atoms with E-state index in [2.05, 4.69) is 17.4 Å². The Morgan fingerprint density at radius 1 is 1.14 bits per heavy atom. The Bertz CT molecular complexity index is 697. The molecule has 1 aliphatic rings. The number of amides is 2. The number of halogens is 2. The number of rotatable bonds is 1. The minimum Gasteiger partial charge on any atom is -0.317 e. The molecule has 114 valence electrons. The minimum absolute atomic E-state index is 0.0196. The van der Waals surface area contributed by atoms with Crippen LogP contribution in [-0.2, 0) is 6.42 Å². The molecule has 0 saturated heterocycles. The molecule has 3 nitrogen and oxygen atoms in total. The van der Waals surface area contributed by atoms with Crippen LogP contribution in [0.15, 0.2) is 42.5 Å². The Kier molecular flexibility index (Phi) is 4.27. The fourth-order valence-electron chi connectivity index (χ4n) is 2.85. The summed E-state index contributed by atoms with van der Waals surface area (Å²) in [5.41, 5.74) is 2.95. The second kappa shape index (κ2) is 6.19. The van der Waals surface area contributed by atoms with Gasteiger partial charge in [-0.15, -0.1) is 0 Å². The first-order valence-electron chi connectivity index (χ1n) is 7.17. The number of nitrogens with zero attached hydrogens (tertiary/aromatic N) is 1. The van der Waals surface area contributed by atoms with Crippen molar-refractivity contribution in [3.8, 4) is 0 Å². The number of urea groups is 1. The maximum atomic E-state index is 12.6. The standard InChI is InChI=1S/C17H16Cl2N2O/c1-11-13-6-3-2-5-12(13)9-10-21(11)17(22)20-16-14(18)7-4-8-15(16)19/h2-8,11H,9-10H2,1H3,(H,20,22)/t11-/m1/s1. The van der Waals surface area contributed by atoms with Gasteiger partial charge in [0.2, 0.25) is 0 Å². The summed E-state index contributed by atoms with van der Waals surface area (Å²) < 4.78 is 0. The van der Waals surface area contributed by atoms with Gasteiger partial charge in [-0.1, -0.05) is 53.5 Å². The van der Waals surface area contributed by atoms with E-state index in [4.69, 9.17) is 23.2 Å². The molecule has 1 aliphatic heterocycles. The summed E-state index contributed by atoms with van der Waals surface area (Å²) in [7, 11) is 0. The largest absolute Gasteiger partial charge is 0.322 e. The zero-order chi connectivity index (χ0) is 15.7. The number of hydrogen-bond donors (Lipinski definition) is 1. The van der Waals surface area contributed by atoms with Crippen LogP contribution in [0.4, 0.5) is 10.5 Å². The number of nitrogens with one attached hydrogen (secondary N) is 1. The molecule has 0 bridgehead atoms. The maximum absolute atomic E-state index is 12.6. The van der Waals surface area contributed by atoms with Crippen LogP contribution >= 0.6 is 23.2 Å². The molecule has 22 heavy (non-hydrogen) atoms. The van der Waals surface area contributed by atoms with Gasteiger partial charge in [-0.05, 0) is 36.6 Å². The molecular weight excluding hydrogens is 319 g/mol. The summed E-state index contributed by atoms with van der Waals surface area (Å²) in [6.45, 7) is 2.71. The van der Waals surface area contributed by atoms with Crippen LogP contribution in [0.5, 0.6) is 0 Å². The monoisotopic (exact) mass is 334 g/mol. The fraction of sp³-hybridized carbons (Fsp3) is 0.235. The molecule has 0 saturated carbocycles. The Morgan fingerprint density at radius 3 is 2.55 bits per heavy atom. The van der Waals surface area contributed by atoms with E-state index in [0.717, 1.165) is 6.42 Å². The van der Waals surface area contributed by atoms with Gasteiger partial charge in [-0.25, -0.2) is 4.79 Å². The average Bonchev–Trinajstić information content (AvgIpc) is 2.51. The normalized spacial score (nSPS) is 17.0. The Hall–Kier alpha value is -1.71. The summed E-state index contributed by atoms with van der Waals surface area (Å²) in [6, 6.07) is 13.2. The molecule has 2 aromatic carbocycles. The molecule has 0 spiro atoms. The molecular formula is C17H16Cl2N2O. The molecule has 2 amide bonds. The summed E-state index contributed by atoms with van der Waals surface area (Å²) in [5, 5.41) is 3.70. The van der Waals surface area contributed by atoms with Gasteiger partial charge in [0.1, 0.15) is 0 Å². The molecule has 0 fully saturated rings. The lowest BCUT2D eigenvalue weighted by Gasteiger charge is -2.35. The van der Waals surface area contributed by atoms with E-state index < -0.39 is 0 Å². The van der Waals surface area contributed by atoms with Crippen LogP contribution in [0.25, 0.3) is 0 Å². The van der Waals surface area contributed by atoms with Crippen molar-refractivity contribution in [2.45, 2.75) is 19.4 Å². The Morgan fingerprint density at radius 2 is 1.82 bits per heavy atom. The number of para-hydroxylation sites is 1. The van der Waals surface area contributed by atoms with Gasteiger partial charge in [0.05, 0.1) is 21.8 Å². The van der Waals surface area contributed by atoms with E-state index in [1.54, 1.807) is 18.2 Å². The number of carbonyl (C=O) groups is 1. The number of fused-ring (bicyclic) bond motifs is 1. The van der Waals surface area contributed by atoms with Crippen LogP contribution in [0.2, 0.25) is 10.0 Å². The van der Waals surface area contributed by atoms with Crippen molar-refractivity contribution in [1.29, 1.82) is 0 Å². The van der Waals surface area contributed by atoms with Gasteiger partial charge >= 0.3 is 6.03 Å². The molecule has 1 heterocycles. The first-order chi connectivity index (χ1) is 10.6. The van der Waals surface area contributed by atoms with E-state index >= 15 is 0 Å². The molecule has 1 N–H and O–H groups in total. The number of hydrogen-bond acceptors (Lipinski definition) is 1. The molecule has 0 aromatic heterocycles. The minimum atomic E-state index is -0.183. The first-order valence-corrected chi connectivity index (χ1v) is 7.93. The highest BCUT2D eigenvalue weighted by Crippen LogP contribution is 2.33. The van der Waals surface area contributed by atoms with Gasteiger partial charge < -0.3 is 10.2 Å². The van der Waals surface area contributed by atoms with Crippen molar-refractivity contribution in [2.75, 3.05) is 11.9 Å². The average molecular weight is 335 g/mol. The molecule has 0 radical (unpaired) electrons. The molecule has 0 unspecified atom stereocenters. The summed E-state index contributed by atoms with van der Waals surface area (Å²) >= 11 is 12.2. The molecule has 1 atom stereocenters. The zero-order valence-corrected chi connectivity index (χ0v) is 13.7. The smallest absolute Gasteiger partial charge is 0.317 e. The lowest BCUT2D eigenvalue weighted by atomic mass is 9.94. The third-order valence-electron chi connectivity index (χ3n) is 4.05. The van der Waals surface area contributed by atoms with Gasteiger partial charge in [-0.3, -0.25) is 0 Å². The van der Waals surface area contributed by atoms with E-state index in [9.17, 15) is 4.79 Å². The predicted octanol–water partition coefficient (Wildman–Crippen LogP) is 5.14. The van der Waals surface area contributed by atoms with Crippen molar-refractivity contribution in [1.82, 2.24) is 4.90 Å². The highest BCUT2D eigenvalue weighted by molar-refractivity contribution is 6.39. The van der Waals surface area contributed by atoms with Crippen molar-refractivity contribution >= 4 is 34.9 Å².